The minimum atomic E-state index is -1.77. The summed E-state index contributed by atoms with van der Waals surface area (Å²) in [5.74, 6) is 3.06. The third-order valence-electron chi connectivity index (χ3n) is 7.58. The number of esters is 1. The van der Waals surface area contributed by atoms with E-state index in [0.29, 0.717) is 23.2 Å². The van der Waals surface area contributed by atoms with E-state index in [1.807, 2.05) is 55.5 Å². The van der Waals surface area contributed by atoms with E-state index in [-0.39, 0.29) is 49.8 Å². The molecule has 0 radical (unpaired) electrons. The third-order valence-corrected chi connectivity index (χ3v) is 7.58. The molecule has 1 atom stereocenters. The van der Waals surface area contributed by atoms with Crippen LogP contribution >= 0.6 is 0 Å². The summed E-state index contributed by atoms with van der Waals surface area (Å²) in [5, 5.41) is 22.5. The molecule has 4 N–H and O–H groups in total. The van der Waals surface area contributed by atoms with Gasteiger partial charge in [0.15, 0.2) is 5.84 Å². The monoisotopic (exact) mass is 737 g/mol. The van der Waals surface area contributed by atoms with Crippen LogP contribution in [0.25, 0.3) is 22.2 Å². The highest BCUT2D eigenvalue weighted by Crippen LogP contribution is 2.29. The number of carbonyl (C=O) groups is 2. The Kier molecular flexibility index (Phi) is 13.3. The van der Waals surface area contributed by atoms with Gasteiger partial charge in [0.25, 0.3) is 22.0 Å². The van der Waals surface area contributed by atoms with Crippen LogP contribution in [-0.2, 0) is 30.4 Å². The van der Waals surface area contributed by atoms with Crippen molar-refractivity contribution in [1.29, 1.82) is 0 Å². The Bertz CT molecular complexity index is 1950. The fourth-order valence-corrected chi connectivity index (χ4v) is 5.31. The second-order valence-corrected chi connectivity index (χ2v) is 11.8. The van der Waals surface area contributed by atoms with E-state index in [1.165, 1.54) is 13.8 Å². The van der Waals surface area contributed by atoms with Gasteiger partial charge in [-0.15, -0.1) is 20.2 Å². The van der Waals surface area contributed by atoms with E-state index >= 15 is 0 Å². The Labute approximate surface area is 302 Å². The first-order valence-electron chi connectivity index (χ1n) is 16.3. The number of ether oxygens (including phenoxy) is 4. The summed E-state index contributed by atoms with van der Waals surface area (Å²) in [5.41, 5.74) is 10.4. The minimum absolute atomic E-state index is 0.0177. The first-order valence-corrected chi connectivity index (χ1v) is 16.3. The first kappa shape index (κ1) is 39.1. The molecule has 0 aliphatic rings. The molecule has 0 fully saturated rings. The van der Waals surface area contributed by atoms with Crippen molar-refractivity contribution in [3.05, 3.63) is 104 Å². The van der Waals surface area contributed by atoms with Crippen LogP contribution in [0, 0.1) is 20.2 Å². The molecule has 0 bridgehead atoms. The molecule has 0 aliphatic carbocycles. The zero-order valence-electron chi connectivity index (χ0n) is 29.2. The maximum Gasteiger partial charge on any atom is 0.511 e. The number of amidine groups is 1. The average Bonchev–Trinajstić information content (AvgIpc) is 3.46. The van der Waals surface area contributed by atoms with Gasteiger partial charge in [-0.05, 0) is 55.0 Å². The van der Waals surface area contributed by atoms with Crippen molar-refractivity contribution in [2.24, 2.45) is 16.7 Å². The van der Waals surface area contributed by atoms with E-state index in [1.54, 1.807) is 22.8 Å². The van der Waals surface area contributed by atoms with Crippen LogP contribution in [0.3, 0.4) is 0 Å². The molecule has 1 heterocycles. The molecule has 0 aliphatic heterocycles. The summed E-state index contributed by atoms with van der Waals surface area (Å²) in [6.07, 6.45) is -1.85. The Morgan fingerprint density at radius 1 is 0.962 bits per heavy atom. The van der Waals surface area contributed by atoms with Gasteiger partial charge in [-0.1, -0.05) is 54.6 Å². The highest BCUT2D eigenvalue weighted by atomic mass is 17.0. The molecule has 3 aromatic carbocycles. The highest BCUT2D eigenvalue weighted by Gasteiger charge is 2.31. The van der Waals surface area contributed by atoms with Gasteiger partial charge >= 0.3 is 12.1 Å². The molecule has 0 amide bonds. The van der Waals surface area contributed by atoms with Gasteiger partial charge in [0, 0.05) is 19.4 Å². The summed E-state index contributed by atoms with van der Waals surface area (Å²) in [6.45, 7) is 4.33. The number of hydrogen-bond donors (Lipinski definition) is 2. The number of benzene rings is 3. The predicted molar refractivity (Wildman–Crippen MR) is 187 cm³/mol. The van der Waals surface area contributed by atoms with E-state index in [4.69, 9.17) is 30.5 Å². The van der Waals surface area contributed by atoms with Gasteiger partial charge in [-0.25, -0.2) is 9.59 Å². The summed E-state index contributed by atoms with van der Waals surface area (Å²) in [7, 11) is 0. The van der Waals surface area contributed by atoms with Gasteiger partial charge in [0.2, 0.25) is 0 Å². The molecule has 4 aromatic rings. The van der Waals surface area contributed by atoms with Gasteiger partial charge < -0.3 is 40.2 Å². The summed E-state index contributed by atoms with van der Waals surface area (Å²) in [4.78, 5) is 60.1. The molecule has 282 valence electrons. The number of nitrogens with zero attached hydrogens (tertiary/aromatic N) is 5. The van der Waals surface area contributed by atoms with Crippen LogP contribution in [0.1, 0.15) is 61.5 Å². The van der Waals surface area contributed by atoms with Crippen molar-refractivity contribution in [2.45, 2.75) is 58.5 Å². The lowest BCUT2D eigenvalue weighted by Crippen LogP contribution is -2.34. The molecule has 53 heavy (non-hydrogen) atoms. The Hall–Kier alpha value is -6.66. The quantitative estimate of drug-likeness (QED) is 0.0193. The van der Waals surface area contributed by atoms with Crippen LogP contribution in [0.2, 0.25) is 0 Å². The highest BCUT2D eigenvalue weighted by molar-refractivity contribution is 6.03. The number of nitrogens with two attached hydrogens (primary N) is 2. The largest absolute Gasteiger partial charge is 0.511 e. The van der Waals surface area contributed by atoms with Crippen molar-refractivity contribution in [3.63, 3.8) is 0 Å². The average molecular weight is 738 g/mol. The molecule has 19 nitrogen and oxygen atoms in total. The number of carbonyl (C=O) groups excluding carboxylic acids is 2. The zero-order chi connectivity index (χ0) is 38.5. The Morgan fingerprint density at radius 3 is 2.36 bits per heavy atom. The number of para-hydroxylation sites is 1. The maximum atomic E-state index is 13.6. The summed E-state index contributed by atoms with van der Waals surface area (Å²) >= 11 is 0. The van der Waals surface area contributed by atoms with Gasteiger partial charge in [0.05, 0.1) is 36.4 Å². The fourth-order valence-electron chi connectivity index (χ4n) is 5.31. The lowest BCUT2D eigenvalue weighted by molar-refractivity contribution is -0.790. The number of fused-ring (bicyclic) bond motifs is 1. The van der Waals surface area contributed by atoms with Crippen molar-refractivity contribution in [3.8, 4) is 17.1 Å². The second-order valence-electron chi connectivity index (χ2n) is 11.8. The Balaban J connectivity index is 1.43. The van der Waals surface area contributed by atoms with Crippen LogP contribution < -0.4 is 16.3 Å². The van der Waals surface area contributed by atoms with Crippen LogP contribution in [-0.4, -0.2) is 69.4 Å². The second kappa shape index (κ2) is 18.0. The van der Waals surface area contributed by atoms with Gasteiger partial charge in [-0.2, -0.15) is 10.1 Å². The molecule has 0 saturated heterocycles. The van der Waals surface area contributed by atoms with Gasteiger partial charge in [-0.3, -0.25) is 4.57 Å². The van der Waals surface area contributed by atoms with Crippen LogP contribution in [0.5, 0.6) is 6.01 Å². The standard InChI is InChI=1S/C34H39N7O12/c1-4-48-32-37-28-14-9-13-27(29(28)39(32)20-22-15-17-23(18-16-22)25-11-5-6-12-26(25)30(35)38-36)31(42)51-34(2,3)52-33(43)49-19-8-7-10-24(53-41(46)47)21-50-40(44)45/h5-6,9,11-18,24H,4,7-8,10,19-21,36H2,1-3H3,(H2,35,38). The number of unbranched alkanes of at least 4 members (excludes halogenated alkanes) is 1. The number of hydrogen-bond acceptors (Lipinski definition) is 15. The van der Waals surface area contributed by atoms with E-state index in [2.05, 4.69) is 19.8 Å². The molecule has 19 heteroatoms. The van der Waals surface area contributed by atoms with Crippen molar-refractivity contribution in [2.75, 3.05) is 19.8 Å². The smallest absolute Gasteiger partial charge is 0.465 e. The normalized spacial score (nSPS) is 12.1. The van der Waals surface area contributed by atoms with Crippen molar-refractivity contribution in [1.82, 2.24) is 9.55 Å². The molecular formula is C34H39N7O12. The van der Waals surface area contributed by atoms with Crippen molar-refractivity contribution < 1.29 is 48.4 Å². The molecule has 0 spiro atoms. The molecule has 1 aromatic heterocycles. The maximum absolute atomic E-state index is 13.6. The van der Waals surface area contributed by atoms with Crippen LogP contribution in [0.15, 0.2) is 71.8 Å². The molecule has 0 saturated carbocycles. The number of imidazole rings is 1. The first-order chi connectivity index (χ1) is 25.3. The Morgan fingerprint density at radius 2 is 1.68 bits per heavy atom. The molecule has 1 unspecified atom stereocenters. The van der Waals surface area contributed by atoms with Crippen LogP contribution in [0.4, 0.5) is 4.79 Å². The third kappa shape index (κ3) is 10.9. The lowest BCUT2D eigenvalue weighted by Gasteiger charge is -2.24. The van der Waals surface area contributed by atoms with Gasteiger partial charge in [0.1, 0.15) is 12.7 Å². The fraction of sp³-hybridized carbons (Fsp3) is 0.353. The number of aromatic nitrogens is 2. The topological polar surface area (TPSA) is 258 Å². The minimum Gasteiger partial charge on any atom is -0.465 e. The lowest BCUT2D eigenvalue weighted by atomic mass is 9.98. The van der Waals surface area contributed by atoms with E-state index in [0.717, 1.165) is 16.7 Å². The predicted octanol–water partition coefficient (Wildman–Crippen LogP) is 4.73. The van der Waals surface area contributed by atoms with Crippen molar-refractivity contribution >= 4 is 29.0 Å². The zero-order valence-corrected chi connectivity index (χ0v) is 29.2. The summed E-state index contributed by atoms with van der Waals surface area (Å²) in [6, 6.07) is 20.4. The number of rotatable bonds is 19. The SMILES string of the molecule is CCOc1nc2cccc(C(=O)OC(C)(C)OC(=O)OCCCCC(CO[N+](=O)[O-])O[N+](=O)[O-])c2n1Cc1ccc(-c2ccccc2/C(N)=N/N)cc1. The van der Waals surface area contributed by atoms with E-state index < -0.39 is 40.8 Å². The molecular weight excluding hydrogens is 698 g/mol. The molecule has 4 rings (SSSR count). The van der Waals surface area contributed by atoms with E-state index in [9.17, 15) is 29.8 Å². The summed E-state index contributed by atoms with van der Waals surface area (Å²) < 4.78 is 23.5. The number of hydrazone groups is 1.